The van der Waals surface area contributed by atoms with Gasteiger partial charge in [-0.05, 0) is 18.8 Å². The van der Waals surface area contributed by atoms with Gasteiger partial charge in [0.2, 0.25) is 0 Å². The Hall–Kier alpha value is -0.0800. The first-order valence-corrected chi connectivity index (χ1v) is 4.92. The predicted octanol–water partition coefficient (Wildman–Crippen LogP) is 2.43. The van der Waals surface area contributed by atoms with Crippen LogP contribution in [0.15, 0.2) is 0 Å². The number of hydrogen-bond donors (Lipinski definition) is 0. The van der Waals surface area contributed by atoms with Gasteiger partial charge in [0.25, 0.3) is 0 Å². The third-order valence-corrected chi connectivity index (χ3v) is 2.44. The second-order valence-corrected chi connectivity index (χ2v) is 3.94. The molecule has 0 bridgehead atoms. The molecule has 2 heteroatoms. The van der Waals surface area contributed by atoms with E-state index in [1.165, 1.54) is 0 Å². The Balaban J connectivity index is 2.39. The number of hydrogen-bond acceptors (Lipinski definition) is 2. The average Bonchev–Trinajstić information content (AvgIpc) is 2.32. The SMILES string of the molecule is CCOC1CC(C)C(C(C)C)O1. The molecule has 1 aliphatic heterocycles. The van der Waals surface area contributed by atoms with Gasteiger partial charge in [-0.2, -0.15) is 0 Å². The summed E-state index contributed by atoms with van der Waals surface area (Å²) in [6, 6.07) is 0. The molecule has 0 N–H and O–H groups in total. The molecule has 1 heterocycles. The molecule has 1 fully saturated rings. The van der Waals surface area contributed by atoms with Crippen molar-refractivity contribution in [3.63, 3.8) is 0 Å². The molecular weight excluding hydrogens is 152 g/mol. The molecule has 1 aliphatic rings. The van der Waals surface area contributed by atoms with Crippen LogP contribution in [-0.2, 0) is 9.47 Å². The summed E-state index contributed by atoms with van der Waals surface area (Å²) in [4.78, 5) is 0. The largest absolute Gasteiger partial charge is 0.353 e. The van der Waals surface area contributed by atoms with Gasteiger partial charge >= 0.3 is 0 Å². The van der Waals surface area contributed by atoms with Gasteiger partial charge in [0.15, 0.2) is 6.29 Å². The Bertz CT molecular complexity index is 134. The van der Waals surface area contributed by atoms with Crippen molar-refractivity contribution >= 4 is 0 Å². The highest BCUT2D eigenvalue weighted by Gasteiger charge is 2.34. The van der Waals surface area contributed by atoms with Crippen molar-refractivity contribution in [1.82, 2.24) is 0 Å². The Morgan fingerprint density at radius 3 is 2.58 bits per heavy atom. The molecule has 0 saturated carbocycles. The van der Waals surface area contributed by atoms with Gasteiger partial charge in [0, 0.05) is 13.0 Å². The van der Waals surface area contributed by atoms with Crippen LogP contribution in [0.1, 0.15) is 34.1 Å². The Labute approximate surface area is 75.2 Å². The van der Waals surface area contributed by atoms with E-state index in [0.717, 1.165) is 13.0 Å². The van der Waals surface area contributed by atoms with Crippen molar-refractivity contribution in [3.8, 4) is 0 Å². The molecular formula is C10H20O2. The molecule has 0 radical (unpaired) electrons. The minimum absolute atomic E-state index is 0.0531. The molecule has 0 amide bonds. The molecule has 2 nitrogen and oxygen atoms in total. The van der Waals surface area contributed by atoms with Crippen LogP contribution in [0.25, 0.3) is 0 Å². The van der Waals surface area contributed by atoms with Gasteiger partial charge in [-0.1, -0.05) is 20.8 Å². The van der Waals surface area contributed by atoms with Gasteiger partial charge in [-0.25, -0.2) is 0 Å². The zero-order valence-corrected chi connectivity index (χ0v) is 8.54. The second-order valence-electron chi connectivity index (χ2n) is 3.94. The molecule has 1 saturated heterocycles. The first-order chi connectivity index (χ1) is 5.65. The fourth-order valence-electron chi connectivity index (χ4n) is 1.91. The smallest absolute Gasteiger partial charge is 0.158 e. The van der Waals surface area contributed by atoms with Crippen LogP contribution in [0, 0.1) is 11.8 Å². The summed E-state index contributed by atoms with van der Waals surface area (Å²) in [6.45, 7) is 9.41. The lowest BCUT2D eigenvalue weighted by Crippen LogP contribution is -2.21. The van der Waals surface area contributed by atoms with E-state index in [4.69, 9.17) is 9.47 Å². The zero-order chi connectivity index (χ0) is 9.14. The minimum atomic E-state index is 0.0531. The molecule has 1 rings (SSSR count). The van der Waals surface area contributed by atoms with E-state index in [9.17, 15) is 0 Å². The minimum Gasteiger partial charge on any atom is -0.353 e. The Morgan fingerprint density at radius 2 is 2.17 bits per heavy atom. The van der Waals surface area contributed by atoms with Crippen LogP contribution in [0.2, 0.25) is 0 Å². The van der Waals surface area contributed by atoms with E-state index in [1.54, 1.807) is 0 Å². The molecule has 3 unspecified atom stereocenters. The summed E-state index contributed by atoms with van der Waals surface area (Å²) >= 11 is 0. The molecule has 0 aliphatic carbocycles. The summed E-state index contributed by atoms with van der Waals surface area (Å²) in [7, 11) is 0. The van der Waals surface area contributed by atoms with Crippen LogP contribution in [0.4, 0.5) is 0 Å². The van der Waals surface area contributed by atoms with E-state index in [1.807, 2.05) is 6.92 Å². The quantitative estimate of drug-likeness (QED) is 0.651. The van der Waals surface area contributed by atoms with Crippen LogP contribution in [0.3, 0.4) is 0 Å². The van der Waals surface area contributed by atoms with E-state index >= 15 is 0 Å². The highest BCUT2D eigenvalue weighted by atomic mass is 16.7. The Morgan fingerprint density at radius 1 is 1.50 bits per heavy atom. The number of rotatable bonds is 3. The summed E-state index contributed by atoms with van der Waals surface area (Å²) in [5.74, 6) is 1.24. The van der Waals surface area contributed by atoms with Crippen LogP contribution >= 0.6 is 0 Å². The van der Waals surface area contributed by atoms with Crippen molar-refractivity contribution in [1.29, 1.82) is 0 Å². The molecule has 72 valence electrons. The zero-order valence-electron chi connectivity index (χ0n) is 8.54. The topological polar surface area (TPSA) is 18.5 Å². The highest BCUT2D eigenvalue weighted by molar-refractivity contribution is 4.77. The summed E-state index contributed by atoms with van der Waals surface area (Å²) in [5, 5.41) is 0. The van der Waals surface area contributed by atoms with Crippen molar-refractivity contribution in [2.24, 2.45) is 11.8 Å². The first-order valence-electron chi connectivity index (χ1n) is 4.92. The van der Waals surface area contributed by atoms with Gasteiger partial charge in [-0.15, -0.1) is 0 Å². The highest BCUT2D eigenvalue weighted by Crippen LogP contribution is 2.31. The predicted molar refractivity (Wildman–Crippen MR) is 48.9 cm³/mol. The Kier molecular flexibility index (Phi) is 3.53. The van der Waals surface area contributed by atoms with Gasteiger partial charge < -0.3 is 9.47 Å². The second kappa shape index (κ2) is 4.24. The average molecular weight is 172 g/mol. The molecule has 0 aromatic carbocycles. The normalized spacial score (nSPS) is 36.2. The summed E-state index contributed by atoms with van der Waals surface area (Å²) in [5.41, 5.74) is 0. The maximum atomic E-state index is 5.75. The van der Waals surface area contributed by atoms with Crippen molar-refractivity contribution in [2.45, 2.75) is 46.5 Å². The number of ether oxygens (including phenoxy) is 2. The van der Waals surface area contributed by atoms with Crippen LogP contribution in [0.5, 0.6) is 0 Å². The standard InChI is InChI=1S/C10H20O2/c1-5-11-9-6-8(4)10(12-9)7(2)3/h7-10H,5-6H2,1-4H3. The van der Waals surface area contributed by atoms with Gasteiger partial charge in [0.1, 0.15) is 0 Å². The van der Waals surface area contributed by atoms with E-state index < -0.39 is 0 Å². The molecule has 3 atom stereocenters. The van der Waals surface area contributed by atoms with Gasteiger partial charge in [0.05, 0.1) is 6.10 Å². The van der Waals surface area contributed by atoms with Crippen molar-refractivity contribution in [3.05, 3.63) is 0 Å². The summed E-state index contributed by atoms with van der Waals surface area (Å²) < 4.78 is 11.2. The lowest BCUT2D eigenvalue weighted by molar-refractivity contribution is -0.139. The van der Waals surface area contributed by atoms with Crippen LogP contribution in [-0.4, -0.2) is 19.0 Å². The van der Waals surface area contributed by atoms with E-state index in [2.05, 4.69) is 20.8 Å². The molecule has 0 aromatic heterocycles. The third kappa shape index (κ3) is 2.20. The molecule has 0 spiro atoms. The monoisotopic (exact) mass is 172 g/mol. The van der Waals surface area contributed by atoms with E-state index in [-0.39, 0.29) is 6.29 Å². The maximum Gasteiger partial charge on any atom is 0.158 e. The third-order valence-electron chi connectivity index (χ3n) is 2.44. The maximum absolute atomic E-state index is 5.75. The lowest BCUT2D eigenvalue weighted by atomic mass is 9.95. The van der Waals surface area contributed by atoms with Crippen LogP contribution < -0.4 is 0 Å². The van der Waals surface area contributed by atoms with Gasteiger partial charge in [-0.3, -0.25) is 0 Å². The molecule has 0 aromatic rings. The van der Waals surface area contributed by atoms with Crippen molar-refractivity contribution < 1.29 is 9.47 Å². The fraction of sp³-hybridized carbons (Fsp3) is 1.00. The summed E-state index contributed by atoms with van der Waals surface area (Å²) in [6.07, 6.45) is 1.50. The van der Waals surface area contributed by atoms with Crippen molar-refractivity contribution in [2.75, 3.05) is 6.61 Å². The van der Waals surface area contributed by atoms with E-state index in [0.29, 0.717) is 17.9 Å². The lowest BCUT2D eigenvalue weighted by Gasteiger charge is -2.18. The molecule has 12 heavy (non-hydrogen) atoms. The fourth-order valence-corrected chi connectivity index (χ4v) is 1.91. The first kappa shape index (κ1) is 10.0.